The number of anilines is 1. The largest absolute Gasteiger partial charge is 0.497 e. The highest BCUT2D eigenvalue weighted by Gasteiger charge is 2.24. The average molecular weight is 501 g/mol. The number of aromatic nitrogens is 2. The van der Waals surface area contributed by atoms with E-state index in [1.807, 2.05) is 37.3 Å². The van der Waals surface area contributed by atoms with E-state index in [2.05, 4.69) is 26.1 Å². The molecule has 0 atom stereocenters. The zero-order chi connectivity index (χ0) is 26.6. The molecule has 0 saturated heterocycles. The van der Waals surface area contributed by atoms with Crippen molar-refractivity contribution in [2.75, 3.05) is 19.0 Å². The van der Waals surface area contributed by atoms with Crippen molar-refractivity contribution < 1.29 is 18.7 Å². The van der Waals surface area contributed by atoms with E-state index in [4.69, 9.17) is 14.3 Å². The number of furan rings is 1. The summed E-state index contributed by atoms with van der Waals surface area (Å²) in [6.45, 7) is 8.19. The number of para-hydroxylation sites is 1. The van der Waals surface area contributed by atoms with Crippen LogP contribution in [0, 0.1) is 6.92 Å². The third-order valence-electron chi connectivity index (χ3n) is 5.97. The van der Waals surface area contributed by atoms with Gasteiger partial charge in [0.15, 0.2) is 0 Å². The lowest BCUT2D eigenvalue weighted by Crippen LogP contribution is -2.37. The Hall–Kier alpha value is -4.33. The molecular formula is C29H32N4O4. The zero-order valence-electron chi connectivity index (χ0n) is 21.8. The molecule has 8 heteroatoms. The lowest BCUT2D eigenvalue weighted by molar-refractivity contribution is -0.117. The van der Waals surface area contributed by atoms with E-state index in [-0.39, 0.29) is 30.3 Å². The number of hydrogen-bond donors (Lipinski definition) is 1. The van der Waals surface area contributed by atoms with E-state index < -0.39 is 0 Å². The first-order valence-corrected chi connectivity index (χ1v) is 12.1. The molecule has 4 aromatic rings. The summed E-state index contributed by atoms with van der Waals surface area (Å²) in [6, 6.07) is 20.0. The van der Waals surface area contributed by atoms with Gasteiger partial charge in [0.05, 0.1) is 31.3 Å². The normalized spacial score (nSPS) is 11.3. The van der Waals surface area contributed by atoms with Gasteiger partial charge < -0.3 is 19.4 Å². The molecule has 0 unspecified atom stereocenters. The van der Waals surface area contributed by atoms with Gasteiger partial charge in [-0.3, -0.25) is 9.59 Å². The van der Waals surface area contributed by atoms with Crippen LogP contribution >= 0.6 is 0 Å². The van der Waals surface area contributed by atoms with Crippen LogP contribution in [0.5, 0.6) is 5.75 Å². The monoisotopic (exact) mass is 500 g/mol. The molecule has 4 rings (SSSR count). The minimum atomic E-state index is -0.344. The Kier molecular flexibility index (Phi) is 7.47. The number of amides is 2. The summed E-state index contributed by atoms with van der Waals surface area (Å²) < 4.78 is 12.4. The number of nitrogens with zero attached hydrogens (tertiary/aromatic N) is 3. The smallest absolute Gasteiger partial charge is 0.254 e. The molecule has 2 aromatic heterocycles. The van der Waals surface area contributed by atoms with Crippen molar-refractivity contribution in [1.82, 2.24) is 14.7 Å². The van der Waals surface area contributed by atoms with Gasteiger partial charge in [0.25, 0.3) is 5.91 Å². The third kappa shape index (κ3) is 6.09. The third-order valence-corrected chi connectivity index (χ3v) is 5.97. The number of carbonyl (C=O) groups excluding carboxylic acids is 2. The molecule has 0 saturated carbocycles. The Labute approximate surface area is 216 Å². The molecule has 0 aliphatic heterocycles. The first-order valence-electron chi connectivity index (χ1n) is 12.1. The van der Waals surface area contributed by atoms with Gasteiger partial charge in [0.2, 0.25) is 5.91 Å². The second kappa shape index (κ2) is 10.7. The number of rotatable bonds is 8. The van der Waals surface area contributed by atoms with Gasteiger partial charge >= 0.3 is 0 Å². The van der Waals surface area contributed by atoms with E-state index >= 15 is 0 Å². The molecule has 2 amide bonds. The van der Waals surface area contributed by atoms with Crippen LogP contribution in [0.25, 0.3) is 5.69 Å². The molecule has 1 N–H and O–H groups in total. The summed E-state index contributed by atoms with van der Waals surface area (Å²) in [7, 11) is 1.57. The summed E-state index contributed by atoms with van der Waals surface area (Å²) in [5.74, 6) is 1.13. The Morgan fingerprint density at radius 2 is 1.78 bits per heavy atom. The second-order valence-electron chi connectivity index (χ2n) is 9.88. The van der Waals surface area contributed by atoms with Crippen LogP contribution in [-0.2, 0) is 16.8 Å². The molecule has 0 spiro atoms. The van der Waals surface area contributed by atoms with Crippen molar-refractivity contribution in [3.05, 3.63) is 95.6 Å². The molecule has 0 aliphatic carbocycles. The van der Waals surface area contributed by atoms with Crippen LogP contribution in [0.2, 0.25) is 0 Å². The topological polar surface area (TPSA) is 89.6 Å². The van der Waals surface area contributed by atoms with Crippen molar-refractivity contribution in [2.45, 2.75) is 39.7 Å². The molecule has 2 heterocycles. The highest BCUT2D eigenvalue weighted by atomic mass is 16.5. The second-order valence-corrected chi connectivity index (χ2v) is 9.88. The molecule has 37 heavy (non-hydrogen) atoms. The van der Waals surface area contributed by atoms with Crippen molar-refractivity contribution in [1.29, 1.82) is 0 Å². The Balaban J connectivity index is 1.61. The van der Waals surface area contributed by atoms with E-state index in [0.29, 0.717) is 22.9 Å². The predicted molar refractivity (Wildman–Crippen MR) is 142 cm³/mol. The van der Waals surface area contributed by atoms with E-state index in [1.165, 1.54) is 4.90 Å². The Morgan fingerprint density at radius 3 is 2.41 bits per heavy atom. The highest BCUT2D eigenvalue weighted by Crippen LogP contribution is 2.27. The van der Waals surface area contributed by atoms with Crippen LogP contribution in [0.15, 0.2) is 77.4 Å². The van der Waals surface area contributed by atoms with Gasteiger partial charge in [-0.25, -0.2) is 4.68 Å². The molecule has 0 radical (unpaired) electrons. The number of aryl methyl sites for hydroxylation is 1. The van der Waals surface area contributed by atoms with Gasteiger partial charge in [-0.05, 0) is 55.0 Å². The van der Waals surface area contributed by atoms with Gasteiger partial charge in [0, 0.05) is 17.0 Å². The summed E-state index contributed by atoms with van der Waals surface area (Å²) in [5, 5.41) is 7.78. The minimum absolute atomic E-state index is 0.148. The van der Waals surface area contributed by atoms with Crippen LogP contribution in [0.3, 0.4) is 0 Å². The maximum Gasteiger partial charge on any atom is 0.254 e. The fraction of sp³-hybridized carbons (Fsp3) is 0.276. The summed E-state index contributed by atoms with van der Waals surface area (Å²) in [5.41, 5.74) is 2.96. The van der Waals surface area contributed by atoms with Gasteiger partial charge in [0.1, 0.15) is 23.9 Å². The quantitative estimate of drug-likeness (QED) is 0.352. The van der Waals surface area contributed by atoms with E-state index in [1.54, 1.807) is 54.5 Å². The SMILES string of the molecule is COc1ccc(C(=O)N(CC(=O)Nc2cc(C(C)(C)C)nn2-c2ccccc2C)Cc2ccco2)cc1. The van der Waals surface area contributed by atoms with Gasteiger partial charge in [-0.2, -0.15) is 5.10 Å². The number of carbonyl (C=O) groups is 2. The molecule has 0 aliphatic rings. The van der Waals surface area contributed by atoms with Crippen LogP contribution in [-0.4, -0.2) is 40.1 Å². The summed E-state index contributed by atoms with van der Waals surface area (Å²) in [4.78, 5) is 28.1. The lowest BCUT2D eigenvalue weighted by atomic mass is 9.92. The van der Waals surface area contributed by atoms with E-state index in [9.17, 15) is 9.59 Å². The lowest BCUT2D eigenvalue weighted by Gasteiger charge is -2.21. The Bertz CT molecular complexity index is 1370. The highest BCUT2D eigenvalue weighted by molar-refractivity contribution is 5.99. The molecular weight excluding hydrogens is 468 g/mol. The molecule has 0 fully saturated rings. The van der Waals surface area contributed by atoms with Crippen molar-refractivity contribution >= 4 is 17.6 Å². The maximum atomic E-state index is 13.4. The van der Waals surface area contributed by atoms with Crippen molar-refractivity contribution in [2.24, 2.45) is 0 Å². The summed E-state index contributed by atoms with van der Waals surface area (Å²) in [6.07, 6.45) is 1.54. The molecule has 192 valence electrons. The Morgan fingerprint density at radius 1 is 1.05 bits per heavy atom. The number of hydrogen-bond acceptors (Lipinski definition) is 5. The van der Waals surface area contributed by atoms with Crippen LogP contribution in [0.4, 0.5) is 5.82 Å². The number of methoxy groups -OCH3 is 1. The van der Waals surface area contributed by atoms with Crippen LogP contribution < -0.4 is 10.1 Å². The molecule has 2 aromatic carbocycles. The van der Waals surface area contributed by atoms with Crippen LogP contribution in [0.1, 0.15) is 48.1 Å². The maximum absolute atomic E-state index is 13.4. The molecule has 0 bridgehead atoms. The summed E-state index contributed by atoms with van der Waals surface area (Å²) >= 11 is 0. The fourth-order valence-electron chi connectivity index (χ4n) is 3.88. The number of ether oxygens (including phenoxy) is 1. The first-order chi connectivity index (χ1) is 17.7. The predicted octanol–water partition coefficient (Wildman–Crippen LogP) is 5.36. The fourth-order valence-corrected chi connectivity index (χ4v) is 3.88. The standard InChI is InChI=1S/C29H32N4O4/c1-20-9-6-7-11-24(20)33-26(17-25(31-33)29(2,3)4)30-27(34)19-32(18-23-10-8-16-37-23)28(35)21-12-14-22(36-5)15-13-21/h6-17H,18-19H2,1-5H3,(H,30,34). The zero-order valence-corrected chi connectivity index (χ0v) is 21.8. The van der Waals surface area contributed by atoms with Gasteiger partial charge in [-0.15, -0.1) is 0 Å². The average Bonchev–Trinajstić information content (AvgIpc) is 3.53. The van der Waals surface area contributed by atoms with Crippen molar-refractivity contribution in [3.63, 3.8) is 0 Å². The number of benzene rings is 2. The molecule has 8 nitrogen and oxygen atoms in total. The van der Waals surface area contributed by atoms with Gasteiger partial charge in [-0.1, -0.05) is 39.0 Å². The van der Waals surface area contributed by atoms with E-state index in [0.717, 1.165) is 16.9 Å². The minimum Gasteiger partial charge on any atom is -0.497 e. The first kappa shape index (κ1) is 25.8. The number of nitrogens with one attached hydrogen (secondary N) is 1. The van der Waals surface area contributed by atoms with Crippen molar-refractivity contribution in [3.8, 4) is 11.4 Å².